The molecular weight excluding hydrogens is 332 g/mol. The van der Waals surface area contributed by atoms with Crippen LogP contribution >= 0.6 is 0 Å². The third-order valence-electron chi connectivity index (χ3n) is 3.57. The standard InChI is InChI=1S/C20H24N2O4/c1-20(2,3)16-6-4-5-7-17(16)26-13-19(24)22-14-8-10-15(11-9-14)25-12-18(21)23/h4-11H,12-13H2,1-3H3,(H2,21,23)(H,22,24). The molecule has 2 aromatic carbocycles. The maximum atomic E-state index is 12.1. The molecule has 0 aliphatic rings. The van der Waals surface area contributed by atoms with Crippen LogP contribution in [-0.2, 0) is 15.0 Å². The number of carbonyl (C=O) groups excluding carboxylic acids is 2. The summed E-state index contributed by atoms with van der Waals surface area (Å²) >= 11 is 0. The molecule has 6 nitrogen and oxygen atoms in total. The first-order chi connectivity index (χ1) is 12.3. The molecular formula is C20H24N2O4. The average Bonchev–Trinajstić information content (AvgIpc) is 2.59. The summed E-state index contributed by atoms with van der Waals surface area (Å²) in [7, 11) is 0. The Labute approximate surface area is 153 Å². The van der Waals surface area contributed by atoms with Gasteiger partial charge in [-0.25, -0.2) is 0 Å². The monoisotopic (exact) mass is 356 g/mol. The molecule has 0 saturated heterocycles. The summed E-state index contributed by atoms with van der Waals surface area (Å²) in [4.78, 5) is 22.8. The molecule has 2 aromatic rings. The Balaban J connectivity index is 1.91. The van der Waals surface area contributed by atoms with Gasteiger partial charge in [-0.3, -0.25) is 9.59 Å². The van der Waals surface area contributed by atoms with Crippen LogP contribution in [0.2, 0.25) is 0 Å². The third kappa shape index (κ3) is 5.81. The van der Waals surface area contributed by atoms with Gasteiger partial charge >= 0.3 is 0 Å². The van der Waals surface area contributed by atoms with Gasteiger partial charge in [-0.2, -0.15) is 0 Å². The van der Waals surface area contributed by atoms with Crippen molar-refractivity contribution in [3.8, 4) is 11.5 Å². The third-order valence-corrected chi connectivity index (χ3v) is 3.57. The fraction of sp³-hybridized carbons (Fsp3) is 0.300. The molecule has 3 N–H and O–H groups in total. The highest BCUT2D eigenvalue weighted by Crippen LogP contribution is 2.30. The van der Waals surface area contributed by atoms with Gasteiger partial charge < -0.3 is 20.5 Å². The summed E-state index contributed by atoms with van der Waals surface area (Å²) in [6, 6.07) is 14.3. The topological polar surface area (TPSA) is 90.7 Å². The van der Waals surface area contributed by atoms with E-state index in [2.05, 4.69) is 26.1 Å². The van der Waals surface area contributed by atoms with Gasteiger partial charge in [0.05, 0.1) is 0 Å². The van der Waals surface area contributed by atoms with Gasteiger partial charge in [0.1, 0.15) is 11.5 Å². The number of amides is 2. The van der Waals surface area contributed by atoms with E-state index in [1.807, 2.05) is 24.3 Å². The van der Waals surface area contributed by atoms with Crippen LogP contribution < -0.4 is 20.5 Å². The van der Waals surface area contributed by atoms with Crippen LogP contribution in [0.15, 0.2) is 48.5 Å². The fourth-order valence-electron chi connectivity index (χ4n) is 2.34. The Morgan fingerprint density at radius 1 is 0.962 bits per heavy atom. The first-order valence-corrected chi connectivity index (χ1v) is 8.29. The molecule has 0 heterocycles. The summed E-state index contributed by atoms with van der Waals surface area (Å²) in [6.45, 7) is 6.01. The lowest BCUT2D eigenvalue weighted by molar-refractivity contribution is -0.120. The van der Waals surface area contributed by atoms with Crippen LogP contribution in [0.25, 0.3) is 0 Å². The molecule has 0 saturated carbocycles. The Bertz CT molecular complexity index is 764. The van der Waals surface area contributed by atoms with E-state index in [0.29, 0.717) is 17.2 Å². The molecule has 0 atom stereocenters. The maximum Gasteiger partial charge on any atom is 0.262 e. The lowest BCUT2D eigenvalue weighted by Gasteiger charge is -2.22. The summed E-state index contributed by atoms with van der Waals surface area (Å²) in [5, 5.41) is 2.75. The summed E-state index contributed by atoms with van der Waals surface area (Å²) < 4.78 is 10.9. The van der Waals surface area contributed by atoms with E-state index in [1.165, 1.54) is 0 Å². The second-order valence-corrected chi connectivity index (χ2v) is 6.86. The second kappa shape index (κ2) is 8.38. The highest BCUT2D eigenvalue weighted by molar-refractivity contribution is 5.91. The SMILES string of the molecule is CC(C)(C)c1ccccc1OCC(=O)Nc1ccc(OCC(N)=O)cc1. The van der Waals surface area contributed by atoms with Crippen molar-refractivity contribution in [3.05, 3.63) is 54.1 Å². The van der Waals surface area contributed by atoms with E-state index in [0.717, 1.165) is 5.56 Å². The normalized spacial score (nSPS) is 10.9. The maximum absolute atomic E-state index is 12.1. The smallest absolute Gasteiger partial charge is 0.262 e. The lowest BCUT2D eigenvalue weighted by atomic mass is 9.86. The highest BCUT2D eigenvalue weighted by Gasteiger charge is 2.18. The molecule has 2 amide bonds. The van der Waals surface area contributed by atoms with E-state index < -0.39 is 5.91 Å². The van der Waals surface area contributed by atoms with Crippen LogP contribution in [0.3, 0.4) is 0 Å². The molecule has 0 unspecified atom stereocenters. The predicted molar refractivity (Wildman–Crippen MR) is 100 cm³/mol. The molecule has 0 aliphatic carbocycles. The van der Waals surface area contributed by atoms with Gasteiger partial charge in [-0.1, -0.05) is 39.0 Å². The van der Waals surface area contributed by atoms with Crippen molar-refractivity contribution in [2.75, 3.05) is 18.5 Å². The number of ether oxygens (including phenoxy) is 2. The Morgan fingerprint density at radius 3 is 2.23 bits per heavy atom. The molecule has 0 aromatic heterocycles. The molecule has 0 bridgehead atoms. The molecule has 0 fully saturated rings. The second-order valence-electron chi connectivity index (χ2n) is 6.86. The number of rotatable bonds is 7. The Hall–Kier alpha value is -3.02. The van der Waals surface area contributed by atoms with E-state index in [-0.39, 0.29) is 24.5 Å². The highest BCUT2D eigenvalue weighted by atomic mass is 16.5. The zero-order valence-electron chi connectivity index (χ0n) is 15.2. The number of hydrogen-bond acceptors (Lipinski definition) is 4. The molecule has 0 spiro atoms. The quantitative estimate of drug-likeness (QED) is 0.798. The van der Waals surface area contributed by atoms with E-state index >= 15 is 0 Å². The van der Waals surface area contributed by atoms with Crippen molar-refractivity contribution < 1.29 is 19.1 Å². The number of primary amides is 1. The minimum atomic E-state index is -0.546. The van der Waals surface area contributed by atoms with Gasteiger partial charge in [0.2, 0.25) is 0 Å². The number of nitrogens with one attached hydrogen (secondary N) is 1. The van der Waals surface area contributed by atoms with Crippen LogP contribution in [0.4, 0.5) is 5.69 Å². The number of benzene rings is 2. The fourth-order valence-corrected chi connectivity index (χ4v) is 2.34. The zero-order valence-corrected chi connectivity index (χ0v) is 15.2. The van der Waals surface area contributed by atoms with Crippen molar-refractivity contribution in [1.29, 1.82) is 0 Å². The van der Waals surface area contributed by atoms with Crippen LogP contribution in [0.5, 0.6) is 11.5 Å². The number of anilines is 1. The van der Waals surface area contributed by atoms with Crippen molar-refractivity contribution in [2.45, 2.75) is 26.2 Å². The summed E-state index contributed by atoms with van der Waals surface area (Å²) in [5.41, 5.74) is 6.60. The van der Waals surface area contributed by atoms with Crippen molar-refractivity contribution in [3.63, 3.8) is 0 Å². The van der Waals surface area contributed by atoms with Gasteiger partial charge in [-0.15, -0.1) is 0 Å². The number of para-hydroxylation sites is 1. The van der Waals surface area contributed by atoms with Crippen LogP contribution in [0.1, 0.15) is 26.3 Å². The molecule has 2 rings (SSSR count). The lowest BCUT2D eigenvalue weighted by Crippen LogP contribution is -2.22. The van der Waals surface area contributed by atoms with Gasteiger partial charge in [-0.05, 0) is 41.3 Å². The van der Waals surface area contributed by atoms with Crippen molar-refractivity contribution in [1.82, 2.24) is 0 Å². The largest absolute Gasteiger partial charge is 0.484 e. The van der Waals surface area contributed by atoms with Crippen molar-refractivity contribution in [2.24, 2.45) is 5.73 Å². The first kappa shape index (κ1) is 19.3. The molecule has 138 valence electrons. The Morgan fingerprint density at radius 2 is 1.62 bits per heavy atom. The minimum Gasteiger partial charge on any atom is -0.484 e. The van der Waals surface area contributed by atoms with E-state index in [1.54, 1.807) is 24.3 Å². The van der Waals surface area contributed by atoms with Crippen LogP contribution in [-0.4, -0.2) is 25.0 Å². The molecule has 26 heavy (non-hydrogen) atoms. The van der Waals surface area contributed by atoms with Gasteiger partial charge in [0, 0.05) is 5.69 Å². The molecule has 6 heteroatoms. The average molecular weight is 356 g/mol. The predicted octanol–water partition coefficient (Wildman–Crippen LogP) is 2.87. The molecule has 0 radical (unpaired) electrons. The Kier molecular flexibility index (Phi) is 6.22. The number of hydrogen-bond donors (Lipinski definition) is 2. The molecule has 0 aliphatic heterocycles. The zero-order chi connectivity index (χ0) is 19.2. The van der Waals surface area contributed by atoms with Crippen molar-refractivity contribution >= 4 is 17.5 Å². The summed E-state index contributed by atoms with van der Waals surface area (Å²) in [5.74, 6) is 0.386. The van der Waals surface area contributed by atoms with Gasteiger partial charge in [0.25, 0.3) is 11.8 Å². The van der Waals surface area contributed by atoms with E-state index in [4.69, 9.17) is 15.2 Å². The summed E-state index contributed by atoms with van der Waals surface area (Å²) in [6.07, 6.45) is 0. The first-order valence-electron chi connectivity index (χ1n) is 8.29. The van der Waals surface area contributed by atoms with Crippen LogP contribution in [0, 0.1) is 0 Å². The van der Waals surface area contributed by atoms with E-state index in [9.17, 15) is 9.59 Å². The minimum absolute atomic E-state index is 0.0756. The number of carbonyl (C=O) groups is 2. The van der Waals surface area contributed by atoms with Gasteiger partial charge in [0.15, 0.2) is 13.2 Å². The number of nitrogens with two attached hydrogens (primary N) is 1.